The lowest BCUT2D eigenvalue weighted by molar-refractivity contribution is -0.156. The maximum Gasteiger partial charge on any atom is 0.312 e. The van der Waals surface area contributed by atoms with Crippen molar-refractivity contribution in [2.75, 3.05) is 13.6 Å². The van der Waals surface area contributed by atoms with Crippen molar-refractivity contribution in [2.45, 2.75) is 52.7 Å². The van der Waals surface area contributed by atoms with Crippen LogP contribution in [0.4, 0.5) is 0 Å². The molecule has 1 aromatic carbocycles. The van der Waals surface area contributed by atoms with E-state index in [-0.39, 0.29) is 5.97 Å². The van der Waals surface area contributed by atoms with Gasteiger partial charge in [-0.2, -0.15) is 0 Å². The fraction of sp³-hybridized carbons (Fsp3) is 0.579. The first-order valence-corrected chi connectivity index (χ1v) is 8.40. The van der Waals surface area contributed by atoms with E-state index >= 15 is 0 Å². The third-order valence-electron chi connectivity index (χ3n) is 4.59. The van der Waals surface area contributed by atoms with Gasteiger partial charge in [0.25, 0.3) is 0 Å². The number of carbonyl (C=O) groups excluding carboxylic acids is 1. The Kier molecular flexibility index (Phi) is 5.80. The Bertz CT molecular complexity index is 554. The Morgan fingerprint density at radius 1 is 1.35 bits per heavy atom. The third kappa shape index (κ3) is 4.34. The van der Waals surface area contributed by atoms with E-state index < -0.39 is 5.41 Å². The summed E-state index contributed by atoms with van der Waals surface area (Å²) in [6.45, 7) is 7.63. The topological polar surface area (TPSA) is 41.9 Å². The zero-order chi connectivity index (χ0) is 16.9. The molecular formula is C19H28N2O2. The van der Waals surface area contributed by atoms with E-state index in [0.717, 1.165) is 30.8 Å². The van der Waals surface area contributed by atoms with Gasteiger partial charge in [-0.25, -0.2) is 0 Å². The molecule has 0 aliphatic carbocycles. The van der Waals surface area contributed by atoms with Crippen LogP contribution < -0.4 is 0 Å². The van der Waals surface area contributed by atoms with Crippen LogP contribution in [-0.2, 0) is 16.1 Å². The molecule has 1 saturated heterocycles. The van der Waals surface area contributed by atoms with Gasteiger partial charge >= 0.3 is 5.97 Å². The number of benzene rings is 1. The van der Waals surface area contributed by atoms with Gasteiger partial charge in [0.2, 0.25) is 0 Å². The lowest BCUT2D eigenvalue weighted by atomic mass is 9.82. The molecule has 1 aromatic rings. The zero-order valence-corrected chi connectivity index (χ0v) is 14.7. The molecule has 0 spiro atoms. The van der Waals surface area contributed by atoms with E-state index in [0.29, 0.717) is 19.1 Å². The molecule has 4 heteroatoms. The van der Waals surface area contributed by atoms with Crippen LogP contribution in [0.2, 0.25) is 0 Å². The van der Waals surface area contributed by atoms with Crippen LogP contribution in [0.1, 0.15) is 45.6 Å². The summed E-state index contributed by atoms with van der Waals surface area (Å²) in [5.41, 5.74) is 0.527. The van der Waals surface area contributed by atoms with Crippen molar-refractivity contribution in [3.63, 3.8) is 0 Å². The highest BCUT2D eigenvalue weighted by Gasteiger charge is 2.39. The van der Waals surface area contributed by atoms with Crippen LogP contribution in [0.15, 0.2) is 35.3 Å². The minimum atomic E-state index is -0.493. The molecule has 0 saturated carbocycles. The summed E-state index contributed by atoms with van der Waals surface area (Å²) in [5.74, 6) is 0.893. The summed E-state index contributed by atoms with van der Waals surface area (Å²) in [5, 5.41) is 0. The molecule has 4 nitrogen and oxygen atoms in total. The minimum absolute atomic E-state index is 0.117. The van der Waals surface area contributed by atoms with Gasteiger partial charge in [-0.1, -0.05) is 30.3 Å². The van der Waals surface area contributed by atoms with Gasteiger partial charge < -0.3 is 9.64 Å². The second-order valence-corrected chi connectivity index (χ2v) is 6.83. The zero-order valence-electron chi connectivity index (χ0n) is 14.7. The number of hydrogen-bond acceptors (Lipinski definition) is 3. The first-order chi connectivity index (χ1) is 11.0. The second-order valence-electron chi connectivity index (χ2n) is 6.83. The summed E-state index contributed by atoms with van der Waals surface area (Å²) in [6.07, 6.45) is 2.46. The first kappa shape index (κ1) is 17.5. The Hall–Kier alpha value is -1.84. The molecule has 0 aromatic heterocycles. The van der Waals surface area contributed by atoms with Crippen molar-refractivity contribution < 1.29 is 9.53 Å². The number of nitrogens with zero attached hydrogens (tertiary/aromatic N) is 2. The molecule has 126 valence electrons. The van der Waals surface area contributed by atoms with Gasteiger partial charge in [-0.3, -0.25) is 9.79 Å². The second kappa shape index (κ2) is 7.62. The molecule has 1 aliphatic rings. The van der Waals surface area contributed by atoms with Gasteiger partial charge in [0.15, 0.2) is 0 Å². The normalized spacial score (nSPS) is 23.9. The van der Waals surface area contributed by atoms with E-state index in [1.165, 1.54) is 0 Å². The number of amidine groups is 1. The predicted molar refractivity (Wildman–Crippen MR) is 93.4 cm³/mol. The highest BCUT2D eigenvalue weighted by atomic mass is 16.5. The van der Waals surface area contributed by atoms with E-state index in [1.54, 1.807) is 0 Å². The highest BCUT2D eigenvalue weighted by Crippen LogP contribution is 2.34. The maximum atomic E-state index is 12.7. The number of hydrogen-bond donors (Lipinski definition) is 0. The Balaban J connectivity index is 2.06. The molecule has 0 N–H and O–H groups in total. The molecule has 0 amide bonds. The van der Waals surface area contributed by atoms with Crippen LogP contribution in [0.3, 0.4) is 0 Å². The van der Waals surface area contributed by atoms with Gasteiger partial charge in [-0.05, 0) is 39.2 Å². The van der Waals surface area contributed by atoms with Crippen LogP contribution in [0.25, 0.3) is 0 Å². The number of rotatable bonds is 4. The molecule has 1 fully saturated rings. The molecule has 0 bridgehead atoms. The highest BCUT2D eigenvalue weighted by molar-refractivity contribution is 5.89. The summed E-state index contributed by atoms with van der Waals surface area (Å²) < 4.78 is 5.60. The van der Waals surface area contributed by atoms with Gasteiger partial charge in [0.05, 0.1) is 11.3 Å². The smallest absolute Gasteiger partial charge is 0.312 e. The summed E-state index contributed by atoms with van der Waals surface area (Å²) in [4.78, 5) is 19.4. The molecule has 1 atom stereocenters. The molecule has 1 unspecified atom stereocenters. The number of carbonyl (C=O) groups is 1. The predicted octanol–water partition coefficient (Wildman–Crippen LogP) is 3.66. The van der Waals surface area contributed by atoms with Crippen molar-refractivity contribution in [1.29, 1.82) is 0 Å². The van der Waals surface area contributed by atoms with Crippen LogP contribution in [0, 0.1) is 5.41 Å². The van der Waals surface area contributed by atoms with Crippen molar-refractivity contribution in [3.8, 4) is 0 Å². The molecule has 23 heavy (non-hydrogen) atoms. The summed E-state index contributed by atoms with van der Waals surface area (Å²) >= 11 is 0. The van der Waals surface area contributed by atoms with Crippen LogP contribution >= 0.6 is 0 Å². The van der Waals surface area contributed by atoms with E-state index in [9.17, 15) is 4.79 Å². The largest absolute Gasteiger partial charge is 0.460 e. The Labute approximate surface area is 139 Å². The average molecular weight is 316 g/mol. The molecule has 2 rings (SSSR count). The van der Waals surface area contributed by atoms with Gasteiger partial charge in [-0.15, -0.1) is 0 Å². The summed E-state index contributed by atoms with van der Waals surface area (Å²) in [6, 6.07) is 10.2. The monoisotopic (exact) mass is 316 g/mol. The molecule has 0 radical (unpaired) electrons. The van der Waals surface area contributed by atoms with Crippen LogP contribution in [0.5, 0.6) is 0 Å². The van der Waals surface area contributed by atoms with Crippen molar-refractivity contribution >= 4 is 11.8 Å². The first-order valence-electron chi connectivity index (χ1n) is 8.40. The Morgan fingerprint density at radius 3 is 2.65 bits per heavy atom. The molecule has 1 heterocycles. The molecule has 1 aliphatic heterocycles. The average Bonchev–Trinajstić information content (AvgIpc) is 2.73. The number of esters is 1. The van der Waals surface area contributed by atoms with E-state index in [2.05, 4.69) is 23.7 Å². The molecular weight excluding hydrogens is 288 g/mol. The van der Waals surface area contributed by atoms with Crippen molar-refractivity contribution in [1.82, 2.24) is 4.90 Å². The SMILES string of the molecule is C/N=C1/CC(C)(C(=O)OCc2ccccc2)CCCN1C(C)C. The fourth-order valence-electron chi connectivity index (χ4n) is 3.14. The fourth-order valence-corrected chi connectivity index (χ4v) is 3.14. The van der Waals surface area contributed by atoms with Crippen molar-refractivity contribution in [2.24, 2.45) is 10.4 Å². The van der Waals surface area contributed by atoms with Crippen LogP contribution in [-0.4, -0.2) is 36.3 Å². The Morgan fingerprint density at radius 2 is 2.04 bits per heavy atom. The number of likely N-dealkylation sites (tertiary alicyclic amines) is 1. The number of ether oxygens (including phenoxy) is 1. The maximum absolute atomic E-state index is 12.7. The lowest BCUT2D eigenvalue weighted by Crippen LogP contribution is -2.39. The van der Waals surface area contributed by atoms with Gasteiger partial charge in [0.1, 0.15) is 6.61 Å². The lowest BCUT2D eigenvalue weighted by Gasteiger charge is -2.30. The quantitative estimate of drug-likeness (QED) is 0.796. The minimum Gasteiger partial charge on any atom is -0.460 e. The van der Waals surface area contributed by atoms with Crippen molar-refractivity contribution in [3.05, 3.63) is 35.9 Å². The summed E-state index contributed by atoms with van der Waals surface area (Å²) in [7, 11) is 1.81. The van der Waals surface area contributed by atoms with E-state index in [4.69, 9.17) is 4.74 Å². The van der Waals surface area contributed by atoms with Gasteiger partial charge in [0, 0.05) is 26.1 Å². The number of aliphatic imine (C=N–C) groups is 1. The third-order valence-corrected chi connectivity index (χ3v) is 4.59. The van der Waals surface area contributed by atoms with E-state index in [1.807, 2.05) is 44.3 Å². The standard InChI is InChI=1S/C19H28N2O2/c1-15(2)21-12-8-11-19(3,13-17(21)20-4)18(22)23-14-16-9-6-5-7-10-16/h5-7,9-10,15H,8,11-14H2,1-4H3/b20-17-.